The molecule has 0 aromatic heterocycles. The van der Waals surface area contributed by atoms with Crippen molar-refractivity contribution >= 4 is 17.3 Å². The van der Waals surface area contributed by atoms with Gasteiger partial charge in [0.05, 0.1) is 4.92 Å². The molecule has 1 amide bonds. The van der Waals surface area contributed by atoms with Gasteiger partial charge in [0.25, 0.3) is 5.69 Å². The number of nitrogens with two attached hydrogens (primary N) is 1. The second kappa shape index (κ2) is 4.18. The van der Waals surface area contributed by atoms with Gasteiger partial charge in [0.2, 0.25) is 5.91 Å². The number of carbonyl (C=O) groups excluding carboxylic acids is 1. The van der Waals surface area contributed by atoms with E-state index in [0.717, 1.165) is 0 Å². The lowest BCUT2D eigenvalue weighted by molar-refractivity contribution is -0.384. The summed E-state index contributed by atoms with van der Waals surface area (Å²) >= 11 is 0. The molecule has 0 atom stereocenters. The van der Waals surface area contributed by atoms with Crippen LogP contribution in [-0.4, -0.2) is 16.4 Å². The number of primary amides is 1. The first-order valence-electron chi connectivity index (χ1n) is 4.65. The zero-order chi connectivity index (χ0) is 12.3. The maximum atomic E-state index is 11.1. The quantitative estimate of drug-likeness (QED) is 0.593. The fourth-order valence-corrected chi connectivity index (χ4v) is 1.12. The van der Waals surface area contributed by atoms with Gasteiger partial charge in [-0.05, 0) is 19.9 Å². The van der Waals surface area contributed by atoms with Crippen LogP contribution >= 0.6 is 0 Å². The van der Waals surface area contributed by atoms with Gasteiger partial charge in [-0.25, -0.2) is 0 Å². The predicted octanol–water partition coefficient (Wildman–Crippen LogP) is 1.27. The largest absolute Gasteiger partial charge is 0.371 e. The Hall–Kier alpha value is -2.11. The molecule has 3 N–H and O–H groups in total. The van der Waals surface area contributed by atoms with Crippen LogP contribution < -0.4 is 11.1 Å². The van der Waals surface area contributed by atoms with Crippen molar-refractivity contribution in [2.75, 3.05) is 5.32 Å². The molecule has 0 aliphatic heterocycles. The summed E-state index contributed by atoms with van der Waals surface area (Å²) in [5, 5.41) is 13.4. The Morgan fingerprint density at radius 1 is 1.50 bits per heavy atom. The molecule has 0 heterocycles. The highest BCUT2D eigenvalue weighted by Gasteiger charge is 2.24. The third-order valence-electron chi connectivity index (χ3n) is 2.13. The first kappa shape index (κ1) is 12.0. The van der Waals surface area contributed by atoms with Crippen LogP contribution in [-0.2, 0) is 4.79 Å². The molecule has 16 heavy (non-hydrogen) atoms. The van der Waals surface area contributed by atoms with Crippen molar-refractivity contribution in [3.05, 3.63) is 34.4 Å². The number of benzene rings is 1. The van der Waals surface area contributed by atoms with Crippen LogP contribution in [0.15, 0.2) is 24.3 Å². The minimum absolute atomic E-state index is 0.0368. The van der Waals surface area contributed by atoms with Gasteiger partial charge in [-0.3, -0.25) is 14.9 Å². The van der Waals surface area contributed by atoms with Crippen LogP contribution in [0.25, 0.3) is 0 Å². The Labute approximate surface area is 92.6 Å². The SMILES string of the molecule is CC(C)(Nc1cccc([N+](=O)[O-])c1)C(N)=O. The summed E-state index contributed by atoms with van der Waals surface area (Å²) in [6, 6.07) is 5.91. The highest BCUT2D eigenvalue weighted by molar-refractivity contribution is 5.87. The maximum Gasteiger partial charge on any atom is 0.271 e. The molecule has 0 saturated heterocycles. The van der Waals surface area contributed by atoms with Crippen molar-refractivity contribution in [2.45, 2.75) is 19.4 Å². The minimum Gasteiger partial charge on any atom is -0.371 e. The number of nitrogens with one attached hydrogen (secondary N) is 1. The van der Waals surface area contributed by atoms with E-state index >= 15 is 0 Å². The first-order chi connectivity index (χ1) is 7.33. The average Bonchev–Trinajstić information content (AvgIpc) is 2.17. The number of carbonyl (C=O) groups is 1. The van der Waals surface area contributed by atoms with E-state index in [2.05, 4.69) is 5.32 Å². The van der Waals surface area contributed by atoms with Gasteiger partial charge in [-0.15, -0.1) is 0 Å². The Morgan fingerprint density at radius 3 is 2.62 bits per heavy atom. The lowest BCUT2D eigenvalue weighted by Crippen LogP contribution is -2.45. The summed E-state index contributed by atoms with van der Waals surface area (Å²) in [6.07, 6.45) is 0. The van der Waals surface area contributed by atoms with E-state index in [1.807, 2.05) is 0 Å². The molecule has 86 valence electrons. The van der Waals surface area contributed by atoms with E-state index in [4.69, 9.17) is 5.73 Å². The molecule has 0 unspecified atom stereocenters. The van der Waals surface area contributed by atoms with Crippen molar-refractivity contribution in [1.29, 1.82) is 0 Å². The molecule has 0 saturated carbocycles. The smallest absolute Gasteiger partial charge is 0.271 e. The van der Waals surface area contributed by atoms with Gasteiger partial charge in [-0.1, -0.05) is 6.07 Å². The normalized spacial score (nSPS) is 10.9. The Morgan fingerprint density at radius 2 is 2.12 bits per heavy atom. The molecule has 1 aromatic carbocycles. The molecule has 6 heteroatoms. The number of nitro groups is 1. The van der Waals surface area contributed by atoms with Crippen molar-refractivity contribution in [3.63, 3.8) is 0 Å². The van der Waals surface area contributed by atoms with E-state index in [0.29, 0.717) is 5.69 Å². The van der Waals surface area contributed by atoms with Crippen LogP contribution in [0, 0.1) is 10.1 Å². The fraction of sp³-hybridized carbons (Fsp3) is 0.300. The number of nitro benzene ring substituents is 1. The van der Waals surface area contributed by atoms with Gasteiger partial charge in [-0.2, -0.15) is 0 Å². The van der Waals surface area contributed by atoms with E-state index in [9.17, 15) is 14.9 Å². The molecule has 1 rings (SSSR count). The Kier molecular flexibility index (Phi) is 3.12. The van der Waals surface area contributed by atoms with Crippen molar-refractivity contribution in [1.82, 2.24) is 0 Å². The zero-order valence-electron chi connectivity index (χ0n) is 9.06. The van der Waals surface area contributed by atoms with E-state index in [-0.39, 0.29) is 5.69 Å². The number of anilines is 1. The number of rotatable bonds is 4. The summed E-state index contributed by atoms with van der Waals surface area (Å²) < 4.78 is 0. The lowest BCUT2D eigenvalue weighted by atomic mass is 10.0. The summed E-state index contributed by atoms with van der Waals surface area (Å²) in [5.41, 5.74) is 4.68. The van der Waals surface area contributed by atoms with Crippen LogP contribution in [0.3, 0.4) is 0 Å². The van der Waals surface area contributed by atoms with E-state index in [1.165, 1.54) is 18.2 Å². The summed E-state index contributed by atoms with van der Waals surface area (Å²) in [4.78, 5) is 21.1. The van der Waals surface area contributed by atoms with Gasteiger partial charge >= 0.3 is 0 Å². The maximum absolute atomic E-state index is 11.1. The molecule has 0 fully saturated rings. The van der Waals surface area contributed by atoms with Gasteiger partial charge in [0.1, 0.15) is 5.54 Å². The lowest BCUT2D eigenvalue weighted by Gasteiger charge is -2.23. The zero-order valence-corrected chi connectivity index (χ0v) is 9.06. The number of hydrogen-bond acceptors (Lipinski definition) is 4. The molecule has 6 nitrogen and oxygen atoms in total. The first-order valence-corrected chi connectivity index (χ1v) is 4.65. The second-order valence-electron chi connectivity index (χ2n) is 3.92. The molecule has 0 aliphatic rings. The van der Waals surface area contributed by atoms with Crippen molar-refractivity contribution < 1.29 is 9.72 Å². The van der Waals surface area contributed by atoms with Crippen molar-refractivity contribution in [3.8, 4) is 0 Å². The number of hydrogen-bond donors (Lipinski definition) is 2. The van der Waals surface area contributed by atoms with Gasteiger partial charge in [0.15, 0.2) is 0 Å². The molecule has 1 aromatic rings. The fourth-order valence-electron chi connectivity index (χ4n) is 1.12. The number of amides is 1. The van der Waals surface area contributed by atoms with Gasteiger partial charge < -0.3 is 11.1 Å². The Bertz CT molecular complexity index is 429. The highest BCUT2D eigenvalue weighted by Crippen LogP contribution is 2.20. The van der Waals surface area contributed by atoms with Gasteiger partial charge in [0, 0.05) is 17.8 Å². The molecular formula is C10H13N3O3. The third kappa shape index (κ3) is 2.69. The molecule has 0 aliphatic carbocycles. The predicted molar refractivity (Wildman–Crippen MR) is 60.0 cm³/mol. The van der Waals surface area contributed by atoms with Crippen LogP contribution in [0.2, 0.25) is 0 Å². The summed E-state index contributed by atoms with van der Waals surface area (Å²) in [7, 11) is 0. The monoisotopic (exact) mass is 223 g/mol. The minimum atomic E-state index is -0.949. The second-order valence-corrected chi connectivity index (χ2v) is 3.92. The van der Waals surface area contributed by atoms with Crippen LogP contribution in [0.1, 0.15) is 13.8 Å². The van der Waals surface area contributed by atoms with Crippen LogP contribution in [0.5, 0.6) is 0 Å². The highest BCUT2D eigenvalue weighted by atomic mass is 16.6. The molecule has 0 bridgehead atoms. The number of nitrogens with zero attached hydrogens (tertiary/aromatic N) is 1. The molecule has 0 spiro atoms. The van der Waals surface area contributed by atoms with E-state index in [1.54, 1.807) is 19.9 Å². The molecule has 0 radical (unpaired) electrons. The van der Waals surface area contributed by atoms with Crippen LogP contribution in [0.4, 0.5) is 11.4 Å². The number of non-ortho nitro benzene ring substituents is 1. The third-order valence-corrected chi connectivity index (χ3v) is 2.13. The van der Waals surface area contributed by atoms with Crippen molar-refractivity contribution in [2.24, 2.45) is 5.73 Å². The molecular weight excluding hydrogens is 210 g/mol. The summed E-state index contributed by atoms with van der Waals surface area (Å²) in [5.74, 6) is -0.529. The standard InChI is InChI=1S/C10H13N3O3/c1-10(2,9(11)14)12-7-4-3-5-8(6-7)13(15)16/h3-6,12H,1-2H3,(H2,11,14). The average molecular weight is 223 g/mol. The Balaban J connectivity index is 2.94. The van der Waals surface area contributed by atoms with E-state index < -0.39 is 16.4 Å². The summed E-state index contributed by atoms with van der Waals surface area (Å²) in [6.45, 7) is 3.21. The topological polar surface area (TPSA) is 98.3 Å².